The molecule has 0 spiro atoms. The second-order valence-electron chi connectivity index (χ2n) is 3.60. The lowest BCUT2D eigenvalue weighted by Gasteiger charge is -2.12. The zero-order valence-electron chi connectivity index (χ0n) is 8.59. The fourth-order valence-corrected chi connectivity index (χ4v) is 1.88. The smallest absolute Gasteiger partial charge is 0.332 e. The normalized spacial score (nSPS) is 25.7. The molecule has 1 saturated heterocycles. The molecule has 0 radical (unpaired) electrons. The van der Waals surface area contributed by atoms with Gasteiger partial charge in [-0.15, -0.1) is 0 Å². The van der Waals surface area contributed by atoms with Gasteiger partial charge in [0, 0.05) is 18.9 Å². The molecule has 0 aliphatic carbocycles. The van der Waals surface area contributed by atoms with Crippen LogP contribution in [0.15, 0.2) is 12.4 Å². The van der Waals surface area contributed by atoms with E-state index in [2.05, 4.69) is 4.98 Å². The highest BCUT2D eigenvalue weighted by molar-refractivity contribution is 5.72. The number of imidazole rings is 1. The average molecular weight is 210 g/mol. The Hall–Kier alpha value is -1.36. The highest BCUT2D eigenvalue weighted by atomic mass is 16.5. The summed E-state index contributed by atoms with van der Waals surface area (Å²) in [4.78, 5) is 14.9. The van der Waals surface area contributed by atoms with Gasteiger partial charge in [0.2, 0.25) is 0 Å². The Kier molecular flexibility index (Phi) is 2.73. The van der Waals surface area contributed by atoms with E-state index in [0.717, 1.165) is 18.8 Å². The van der Waals surface area contributed by atoms with Crippen LogP contribution in [-0.2, 0) is 16.1 Å². The molecule has 5 heteroatoms. The van der Waals surface area contributed by atoms with E-state index >= 15 is 0 Å². The summed E-state index contributed by atoms with van der Waals surface area (Å²) in [7, 11) is 0. The first-order chi connectivity index (χ1) is 7.22. The van der Waals surface area contributed by atoms with Crippen LogP contribution < -0.4 is 0 Å². The molecule has 1 aliphatic heterocycles. The number of hydrogen-bond donors (Lipinski definition) is 1. The molecule has 15 heavy (non-hydrogen) atoms. The Bertz CT molecular complexity index is 361. The summed E-state index contributed by atoms with van der Waals surface area (Å²) in [5.74, 6) is -0.0478. The molecule has 2 atom stereocenters. The number of nitrogens with zero attached hydrogens (tertiary/aromatic N) is 2. The van der Waals surface area contributed by atoms with Crippen molar-refractivity contribution >= 4 is 5.97 Å². The SMILES string of the molecule is CCn1ccnc1C1CCC(C(=O)O)O1. The number of carbonyl (C=O) groups is 1. The third-order valence-corrected chi connectivity index (χ3v) is 2.67. The van der Waals surface area contributed by atoms with Crippen LogP contribution >= 0.6 is 0 Å². The van der Waals surface area contributed by atoms with Crippen LogP contribution in [0.1, 0.15) is 31.7 Å². The van der Waals surface area contributed by atoms with Crippen molar-refractivity contribution in [3.05, 3.63) is 18.2 Å². The lowest BCUT2D eigenvalue weighted by molar-refractivity contribution is -0.149. The second-order valence-corrected chi connectivity index (χ2v) is 3.60. The van der Waals surface area contributed by atoms with Crippen molar-refractivity contribution in [3.63, 3.8) is 0 Å². The molecule has 1 N–H and O–H groups in total. The Morgan fingerprint density at radius 3 is 3.13 bits per heavy atom. The second kappa shape index (κ2) is 4.02. The highest BCUT2D eigenvalue weighted by Crippen LogP contribution is 2.31. The van der Waals surface area contributed by atoms with Crippen LogP contribution in [0, 0.1) is 0 Å². The van der Waals surface area contributed by atoms with Crippen molar-refractivity contribution in [1.29, 1.82) is 0 Å². The summed E-state index contributed by atoms with van der Waals surface area (Å²) in [5, 5.41) is 8.80. The number of ether oxygens (including phenoxy) is 1. The molecule has 1 fully saturated rings. The zero-order chi connectivity index (χ0) is 10.8. The van der Waals surface area contributed by atoms with Gasteiger partial charge in [-0.3, -0.25) is 0 Å². The molecule has 0 aromatic carbocycles. The lowest BCUT2D eigenvalue weighted by Crippen LogP contribution is -2.19. The van der Waals surface area contributed by atoms with Gasteiger partial charge in [-0.05, 0) is 19.8 Å². The van der Waals surface area contributed by atoms with Gasteiger partial charge in [-0.25, -0.2) is 9.78 Å². The topological polar surface area (TPSA) is 64.4 Å². The van der Waals surface area contributed by atoms with Gasteiger partial charge in [-0.2, -0.15) is 0 Å². The fraction of sp³-hybridized carbons (Fsp3) is 0.600. The monoisotopic (exact) mass is 210 g/mol. The first-order valence-corrected chi connectivity index (χ1v) is 5.11. The van der Waals surface area contributed by atoms with Crippen molar-refractivity contribution in [2.24, 2.45) is 0 Å². The molecular formula is C10H14N2O3. The van der Waals surface area contributed by atoms with E-state index in [1.165, 1.54) is 0 Å². The summed E-state index contributed by atoms with van der Waals surface area (Å²) in [5.41, 5.74) is 0. The number of aromatic nitrogens is 2. The summed E-state index contributed by atoms with van der Waals surface area (Å²) in [6, 6.07) is 0. The molecule has 1 aromatic rings. The van der Waals surface area contributed by atoms with Gasteiger partial charge in [0.15, 0.2) is 6.10 Å². The van der Waals surface area contributed by atoms with Gasteiger partial charge in [-0.1, -0.05) is 0 Å². The van der Waals surface area contributed by atoms with Crippen molar-refractivity contribution in [1.82, 2.24) is 9.55 Å². The van der Waals surface area contributed by atoms with Gasteiger partial charge in [0.1, 0.15) is 11.9 Å². The minimum Gasteiger partial charge on any atom is -0.479 e. The summed E-state index contributed by atoms with van der Waals surface area (Å²) in [6.07, 6.45) is 4.06. The van der Waals surface area contributed by atoms with Crippen molar-refractivity contribution < 1.29 is 14.6 Å². The Balaban J connectivity index is 2.10. The van der Waals surface area contributed by atoms with Crippen LogP contribution in [0.5, 0.6) is 0 Å². The minimum absolute atomic E-state index is 0.166. The molecule has 82 valence electrons. The van der Waals surface area contributed by atoms with Gasteiger partial charge < -0.3 is 14.4 Å². The van der Waals surface area contributed by atoms with E-state index in [1.54, 1.807) is 6.20 Å². The quantitative estimate of drug-likeness (QED) is 0.814. The first kappa shape index (κ1) is 10.2. The predicted octanol–water partition coefficient (Wildman–Crippen LogP) is 1.21. The van der Waals surface area contributed by atoms with Crippen molar-refractivity contribution in [2.45, 2.75) is 38.5 Å². The number of aryl methyl sites for hydroxylation is 1. The third kappa shape index (κ3) is 1.87. The molecule has 1 aliphatic rings. The number of rotatable bonds is 3. The molecule has 1 aromatic heterocycles. The average Bonchev–Trinajstić information content (AvgIpc) is 2.85. The van der Waals surface area contributed by atoms with Gasteiger partial charge in [0.25, 0.3) is 0 Å². The molecule has 0 amide bonds. The summed E-state index contributed by atoms with van der Waals surface area (Å²) in [6.45, 7) is 2.85. The van der Waals surface area contributed by atoms with E-state index in [-0.39, 0.29) is 6.10 Å². The van der Waals surface area contributed by atoms with E-state index in [0.29, 0.717) is 6.42 Å². The fourth-order valence-electron chi connectivity index (χ4n) is 1.88. The van der Waals surface area contributed by atoms with E-state index in [9.17, 15) is 4.79 Å². The first-order valence-electron chi connectivity index (χ1n) is 5.11. The standard InChI is InChI=1S/C10H14N2O3/c1-2-12-6-5-11-9(12)7-3-4-8(15-7)10(13)14/h5-8H,2-4H2,1H3,(H,13,14). The maximum atomic E-state index is 10.7. The van der Waals surface area contributed by atoms with Crippen molar-refractivity contribution in [3.8, 4) is 0 Å². The van der Waals surface area contributed by atoms with Crippen LogP contribution in [0.3, 0.4) is 0 Å². The van der Waals surface area contributed by atoms with Crippen LogP contribution in [0.25, 0.3) is 0 Å². The maximum absolute atomic E-state index is 10.7. The van der Waals surface area contributed by atoms with Crippen LogP contribution in [0.4, 0.5) is 0 Å². The summed E-state index contributed by atoms with van der Waals surface area (Å²) >= 11 is 0. The molecule has 2 heterocycles. The summed E-state index contributed by atoms with van der Waals surface area (Å²) < 4.78 is 7.41. The molecule has 0 bridgehead atoms. The Morgan fingerprint density at radius 2 is 2.53 bits per heavy atom. The highest BCUT2D eigenvalue weighted by Gasteiger charge is 2.33. The number of aliphatic carboxylic acids is 1. The minimum atomic E-state index is -0.882. The maximum Gasteiger partial charge on any atom is 0.332 e. The number of hydrogen-bond acceptors (Lipinski definition) is 3. The zero-order valence-corrected chi connectivity index (χ0v) is 8.59. The molecule has 0 saturated carbocycles. The van der Waals surface area contributed by atoms with Crippen LogP contribution in [-0.4, -0.2) is 26.7 Å². The molecule has 2 unspecified atom stereocenters. The van der Waals surface area contributed by atoms with E-state index < -0.39 is 12.1 Å². The Morgan fingerprint density at radius 1 is 1.73 bits per heavy atom. The van der Waals surface area contributed by atoms with Gasteiger partial charge >= 0.3 is 5.97 Å². The van der Waals surface area contributed by atoms with Crippen LogP contribution in [0.2, 0.25) is 0 Å². The predicted molar refractivity (Wildman–Crippen MR) is 52.4 cm³/mol. The molecular weight excluding hydrogens is 196 g/mol. The van der Waals surface area contributed by atoms with Gasteiger partial charge in [0.05, 0.1) is 0 Å². The number of carboxylic acid groups (broad SMARTS) is 1. The largest absolute Gasteiger partial charge is 0.479 e. The lowest BCUT2D eigenvalue weighted by atomic mass is 10.2. The van der Waals surface area contributed by atoms with E-state index in [4.69, 9.17) is 9.84 Å². The third-order valence-electron chi connectivity index (χ3n) is 2.67. The van der Waals surface area contributed by atoms with Crippen molar-refractivity contribution in [2.75, 3.05) is 0 Å². The number of carboxylic acids is 1. The van der Waals surface area contributed by atoms with E-state index in [1.807, 2.05) is 17.7 Å². The Labute approximate surface area is 87.7 Å². The molecule has 2 rings (SSSR count). The molecule has 5 nitrogen and oxygen atoms in total.